The highest BCUT2D eigenvalue weighted by Gasteiger charge is 2.14. The molecule has 0 saturated carbocycles. The van der Waals surface area contributed by atoms with Crippen LogP contribution in [-0.2, 0) is 11.3 Å². The molecule has 0 spiro atoms. The van der Waals surface area contributed by atoms with E-state index in [2.05, 4.69) is 4.98 Å². The van der Waals surface area contributed by atoms with Crippen LogP contribution in [0.5, 0.6) is 0 Å². The van der Waals surface area contributed by atoms with E-state index in [1.165, 1.54) is 0 Å². The first-order valence-electron chi connectivity index (χ1n) is 7.33. The quantitative estimate of drug-likeness (QED) is 0.679. The molecule has 0 amide bonds. The summed E-state index contributed by atoms with van der Waals surface area (Å²) in [4.78, 5) is 16.5. The number of aromatic nitrogens is 2. The Morgan fingerprint density at radius 3 is 3.00 bits per heavy atom. The summed E-state index contributed by atoms with van der Waals surface area (Å²) in [6.07, 6.45) is 3.44. The van der Waals surface area contributed by atoms with Gasteiger partial charge in [0.1, 0.15) is 17.5 Å². The van der Waals surface area contributed by atoms with E-state index >= 15 is 0 Å². The lowest BCUT2D eigenvalue weighted by atomic mass is 10.2. The maximum atomic E-state index is 12.1. The molecule has 1 aromatic carbocycles. The van der Waals surface area contributed by atoms with E-state index < -0.39 is 0 Å². The minimum atomic E-state index is -0.317. The Morgan fingerprint density at radius 2 is 2.18 bits per heavy atom. The van der Waals surface area contributed by atoms with Crippen molar-refractivity contribution >= 4 is 11.0 Å². The van der Waals surface area contributed by atoms with E-state index in [1.54, 1.807) is 12.3 Å². The molecule has 3 rings (SSSR count). The molecule has 0 radical (unpaired) electrons. The first kappa shape index (κ1) is 14.5. The van der Waals surface area contributed by atoms with Crippen LogP contribution >= 0.6 is 0 Å². The largest absolute Gasteiger partial charge is 0.422 e. The zero-order valence-corrected chi connectivity index (χ0v) is 12.7. The summed E-state index contributed by atoms with van der Waals surface area (Å²) in [7, 11) is 0. The molecular weight excluding hydrogens is 280 g/mol. The second-order valence-corrected chi connectivity index (χ2v) is 5.11. The topological polar surface area (TPSA) is 57.3 Å². The Balaban J connectivity index is 1.95. The van der Waals surface area contributed by atoms with Gasteiger partial charge >= 0.3 is 5.63 Å². The highest BCUT2D eigenvalue weighted by molar-refractivity contribution is 5.76. The number of hydrogen-bond donors (Lipinski definition) is 0. The number of para-hydroxylation sites is 1. The lowest BCUT2D eigenvalue weighted by Crippen LogP contribution is -2.15. The monoisotopic (exact) mass is 298 g/mol. The molecule has 0 N–H and O–H groups in total. The zero-order valence-electron chi connectivity index (χ0n) is 12.7. The SMILES string of the molecule is CCOC(C)c1nccn1Cc1cc2ccccc2oc1=O. The molecule has 0 saturated heterocycles. The van der Waals surface area contributed by atoms with Crippen LogP contribution in [0.15, 0.2) is 51.9 Å². The van der Waals surface area contributed by atoms with Crippen molar-refractivity contribution in [3.63, 3.8) is 0 Å². The van der Waals surface area contributed by atoms with Crippen molar-refractivity contribution in [2.45, 2.75) is 26.5 Å². The molecule has 2 aromatic heterocycles. The van der Waals surface area contributed by atoms with Crippen LogP contribution in [0.2, 0.25) is 0 Å². The minimum Gasteiger partial charge on any atom is -0.422 e. The van der Waals surface area contributed by atoms with Crippen molar-refractivity contribution in [3.8, 4) is 0 Å². The number of benzene rings is 1. The van der Waals surface area contributed by atoms with Gasteiger partial charge in [-0.3, -0.25) is 0 Å². The van der Waals surface area contributed by atoms with Crippen LogP contribution in [0.4, 0.5) is 0 Å². The van der Waals surface area contributed by atoms with E-state index in [1.807, 2.05) is 48.9 Å². The van der Waals surface area contributed by atoms with E-state index in [0.29, 0.717) is 24.3 Å². The summed E-state index contributed by atoms with van der Waals surface area (Å²) in [6, 6.07) is 9.37. The van der Waals surface area contributed by atoms with Gasteiger partial charge in [0.05, 0.1) is 12.1 Å². The summed E-state index contributed by atoms with van der Waals surface area (Å²) in [5, 5.41) is 0.914. The highest BCUT2D eigenvalue weighted by Crippen LogP contribution is 2.17. The maximum Gasteiger partial charge on any atom is 0.341 e. The fourth-order valence-corrected chi connectivity index (χ4v) is 2.54. The molecular formula is C17H18N2O3. The molecule has 0 bridgehead atoms. The fourth-order valence-electron chi connectivity index (χ4n) is 2.54. The molecule has 0 fully saturated rings. The normalized spacial score (nSPS) is 12.6. The Kier molecular flexibility index (Phi) is 4.06. The first-order valence-corrected chi connectivity index (χ1v) is 7.33. The van der Waals surface area contributed by atoms with Gasteiger partial charge in [0.15, 0.2) is 0 Å². The van der Waals surface area contributed by atoms with Gasteiger partial charge in [-0.25, -0.2) is 9.78 Å². The number of nitrogens with zero attached hydrogens (tertiary/aromatic N) is 2. The van der Waals surface area contributed by atoms with Gasteiger partial charge in [0, 0.05) is 24.4 Å². The molecule has 1 unspecified atom stereocenters. The predicted molar refractivity (Wildman–Crippen MR) is 83.9 cm³/mol. The van der Waals surface area contributed by atoms with Crippen molar-refractivity contribution in [1.82, 2.24) is 9.55 Å². The van der Waals surface area contributed by atoms with E-state index in [-0.39, 0.29) is 11.7 Å². The predicted octanol–water partition coefficient (Wildman–Crippen LogP) is 3.14. The molecule has 0 aliphatic heterocycles. The molecule has 22 heavy (non-hydrogen) atoms. The van der Waals surface area contributed by atoms with Gasteiger partial charge in [-0.1, -0.05) is 18.2 Å². The van der Waals surface area contributed by atoms with Gasteiger partial charge in [-0.05, 0) is 26.0 Å². The first-order chi connectivity index (χ1) is 10.7. The Morgan fingerprint density at radius 1 is 1.36 bits per heavy atom. The Labute approximate surface area is 128 Å². The van der Waals surface area contributed by atoms with Gasteiger partial charge in [-0.2, -0.15) is 0 Å². The fraction of sp³-hybridized carbons (Fsp3) is 0.294. The Bertz CT molecular complexity index is 835. The maximum absolute atomic E-state index is 12.1. The van der Waals surface area contributed by atoms with Crippen LogP contribution in [0, 0.1) is 0 Å². The lowest BCUT2D eigenvalue weighted by Gasteiger charge is -2.13. The summed E-state index contributed by atoms with van der Waals surface area (Å²) in [5.41, 5.74) is 0.883. The van der Waals surface area contributed by atoms with Crippen LogP contribution in [0.3, 0.4) is 0 Å². The third-order valence-corrected chi connectivity index (χ3v) is 3.58. The summed E-state index contributed by atoms with van der Waals surface area (Å²) < 4.78 is 12.9. The summed E-state index contributed by atoms with van der Waals surface area (Å²) in [5.74, 6) is 0.800. The molecule has 0 aliphatic rings. The molecule has 1 atom stereocenters. The second-order valence-electron chi connectivity index (χ2n) is 5.11. The van der Waals surface area contributed by atoms with Gasteiger partial charge in [-0.15, -0.1) is 0 Å². The van der Waals surface area contributed by atoms with Crippen molar-refractivity contribution in [3.05, 3.63) is 64.5 Å². The van der Waals surface area contributed by atoms with Gasteiger partial charge < -0.3 is 13.7 Å². The second kappa shape index (κ2) is 6.15. The van der Waals surface area contributed by atoms with Crippen LogP contribution in [0.25, 0.3) is 11.0 Å². The number of ether oxygens (including phenoxy) is 1. The van der Waals surface area contributed by atoms with Crippen LogP contribution < -0.4 is 5.63 Å². The van der Waals surface area contributed by atoms with Gasteiger partial charge in [0.2, 0.25) is 0 Å². The highest BCUT2D eigenvalue weighted by atomic mass is 16.5. The summed E-state index contributed by atoms with van der Waals surface area (Å²) in [6.45, 7) is 4.93. The minimum absolute atomic E-state index is 0.118. The third-order valence-electron chi connectivity index (χ3n) is 3.58. The zero-order chi connectivity index (χ0) is 15.5. The number of rotatable bonds is 5. The molecule has 5 nitrogen and oxygen atoms in total. The number of imidazole rings is 1. The Hall–Kier alpha value is -2.40. The smallest absolute Gasteiger partial charge is 0.341 e. The lowest BCUT2D eigenvalue weighted by molar-refractivity contribution is 0.0677. The summed E-state index contributed by atoms with van der Waals surface area (Å²) >= 11 is 0. The average Bonchev–Trinajstić information content (AvgIpc) is 2.96. The molecule has 0 aliphatic carbocycles. The van der Waals surface area contributed by atoms with Crippen molar-refractivity contribution in [2.75, 3.05) is 6.61 Å². The molecule has 5 heteroatoms. The third kappa shape index (κ3) is 2.80. The standard InChI is InChI=1S/C17H18N2O3/c1-3-21-12(2)16-18-8-9-19(16)11-14-10-13-6-4-5-7-15(13)22-17(14)20/h4-10,12H,3,11H2,1-2H3. The van der Waals surface area contributed by atoms with Gasteiger partial charge in [0.25, 0.3) is 0 Å². The van der Waals surface area contributed by atoms with E-state index in [0.717, 1.165) is 11.2 Å². The molecule has 3 aromatic rings. The number of hydrogen-bond acceptors (Lipinski definition) is 4. The molecule has 2 heterocycles. The van der Waals surface area contributed by atoms with Crippen molar-refractivity contribution < 1.29 is 9.15 Å². The van der Waals surface area contributed by atoms with Crippen molar-refractivity contribution in [2.24, 2.45) is 0 Å². The van der Waals surface area contributed by atoms with Crippen LogP contribution in [0.1, 0.15) is 31.3 Å². The van der Waals surface area contributed by atoms with Crippen LogP contribution in [-0.4, -0.2) is 16.2 Å². The van der Waals surface area contributed by atoms with Crippen molar-refractivity contribution in [1.29, 1.82) is 0 Å². The molecule has 114 valence electrons. The average molecular weight is 298 g/mol. The van der Waals surface area contributed by atoms with E-state index in [9.17, 15) is 4.79 Å². The van der Waals surface area contributed by atoms with E-state index in [4.69, 9.17) is 9.15 Å². The number of fused-ring (bicyclic) bond motifs is 1.